The Kier molecular flexibility index (Phi) is 9.99. The number of sulfone groups is 1. The molecule has 27 heavy (non-hydrogen) atoms. The van der Waals surface area contributed by atoms with Crippen LogP contribution < -0.4 is 16.0 Å². The van der Waals surface area contributed by atoms with Crippen molar-refractivity contribution in [2.45, 2.75) is 25.3 Å². The zero-order valence-corrected chi connectivity index (χ0v) is 18.3. The second-order valence-corrected chi connectivity index (χ2v) is 8.45. The molecule has 1 aromatic rings. The highest BCUT2D eigenvalue weighted by Crippen LogP contribution is 2.11. The van der Waals surface area contributed by atoms with Gasteiger partial charge < -0.3 is 16.0 Å². The van der Waals surface area contributed by atoms with Gasteiger partial charge in [-0.15, -0.1) is 24.0 Å². The Morgan fingerprint density at radius 3 is 2.48 bits per heavy atom. The van der Waals surface area contributed by atoms with Crippen molar-refractivity contribution >= 4 is 45.7 Å². The van der Waals surface area contributed by atoms with E-state index in [1.54, 1.807) is 19.2 Å². The van der Waals surface area contributed by atoms with Gasteiger partial charge in [-0.25, -0.2) is 12.8 Å². The summed E-state index contributed by atoms with van der Waals surface area (Å²) in [7, 11) is -1.36. The summed E-state index contributed by atoms with van der Waals surface area (Å²) in [6.07, 6.45) is 1.43. The number of nitrogens with zero attached hydrogens (tertiary/aromatic N) is 1. The van der Waals surface area contributed by atoms with Crippen LogP contribution in [0.4, 0.5) is 4.39 Å². The molecular formula is C17H26FIN4O3S. The minimum atomic E-state index is -2.99. The van der Waals surface area contributed by atoms with E-state index in [-0.39, 0.29) is 59.7 Å². The van der Waals surface area contributed by atoms with E-state index >= 15 is 0 Å². The predicted octanol–water partition coefficient (Wildman–Crippen LogP) is 0.845. The quantitative estimate of drug-likeness (QED) is 0.286. The Hall–Kier alpha value is -1.43. The number of amides is 1. The first kappa shape index (κ1) is 23.6. The molecule has 3 N–H and O–H groups in total. The Labute approximate surface area is 176 Å². The van der Waals surface area contributed by atoms with E-state index in [0.717, 1.165) is 12.0 Å². The van der Waals surface area contributed by atoms with Gasteiger partial charge in [0.25, 0.3) is 0 Å². The number of hydrogen-bond donors (Lipinski definition) is 3. The summed E-state index contributed by atoms with van der Waals surface area (Å²) in [5, 5.41) is 8.91. The van der Waals surface area contributed by atoms with E-state index in [4.69, 9.17) is 0 Å². The molecule has 0 bridgehead atoms. The lowest BCUT2D eigenvalue weighted by Crippen LogP contribution is -2.41. The summed E-state index contributed by atoms with van der Waals surface area (Å²) < 4.78 is 35.6. The molecule has 1 atom stereocenters. The van der Waals surface area contributed by atoms with E-state index in [1.807, 2.05) is 0 Å². The first-order valence-corrected chi connectivity index (χ1v) is 10.4. The maximum atomic E-state index is 12.9. The monoisotopic (exact) mass is 512 g/mol. The maximum Gasteiger partial charge on any atom is 0.222 e. The van der Waals surface area contributed by atoms with Gasteiger partial charge in [0.2, 0.25) is 5.91 Å². The first-order valence-electron chi connectivity index (χ1n) is 8.57. The highest BCUT2D eigenvalue weighted by atomic mass is 127. The lowest BCUT2D eigenvalue weighted by Gasteiger charge is -2.13. The van der Waals surface area contributed by atoms with Crippen LogP contribution in [0.15, 0.2) is 29.3 Å². The second kappa shape index (κ2) is 11.4. The van der Waals surface area contributed by atoms with Crippen molar-refractivity contribution in [2.24, 2.45) is 4.99 Å². The van der Waals surface area contributed by atoms with Crippen molar-refractivity contribution in [3.8, 4) is 0 Å². The maximum absolute atomic E-state index is 12.9. The minimum Gasteiger partial charge on any atom is -0.356 e. The van der Waals surface area contributed by atoms with Crippen LogP contribution in [0.5, 0.6) is 0 Å². The Balaban J connectivity index is 0.00000364. The topological polar surface area (TPSA) is 99.7 Å². The summed E-state index contributed by atoms with van der Waals surface area (Å²) in [5.41, 5.74) is 1.01. The molecule has 1 aliphatic rings. The van der Waals surface area contributed by atoms with Gasteiger partial charge in [0.1, 0.15) is 5.82 Å². The van der Waals surface area contributed by atoms with Gasteiger partial charge >= 0.3 is 0 Å². The molecule has 152 valence electrons. The van der Waals surface area contributed by atoms with Crippen molar-refractivity contribution < 1.29 is 17.6 Å². The van der Waals surface area contributed by atoms with Gasteiger partial charge in [0.15, 0.2) is 15.8 Å². The summed E-state index contributed by atoms with van der Waals surface area (Å²) in [6.45, 7) is 1.01. The zero-order valence-electron chi connectivity index (χ0n) is 15.2. The van der Waals surface area contributed by atoms with Crippen LogP contribution in [0.2, 0.25) is 0 Å². The number of carbonyl (C=O) groups excluding carboxylic acids is 1. The Morgan fingerprint density at radius 2 is 1.89 bits per heavy atom. The third-order valence-corrected chi connectivity index (χ3v) is 5.85. The second-order valence-electron chi connectivity index (χ2n) is 6.22. The zero-order chi connectivity index (χ0) is 19.0. The van der Waals surface area contributed by atoms with Crippen LogP contribution in [-0.4, -0.2) is 58.0 Å². The van der Waals surface area contributed by atoms with Crippen molar-refractivity contribution in [1.82, 2.24) is 16.0 Å². The number of halogens is 2. The van der Waals surface area contributed by atoms with Crippen LogP contribution in [0.1, 0.15) is 18.4 Å². The molecule has 1 unspecified atom stereocenters. The van der Waals surface area contributed by atoms with E-state index in [1.165, 1.54) is 12.1 Å². The Morgan fingerprint density at radius 1 is 1.22 bits per heavy atom. The average Bonchev–Trinajstić information content (AvgIpc) is 2.93. The highest BCUT2D eigenvalue weighted by Gasteiger charge is 2.28. The number of carbonyl (C=O) groups is 1. The van der Waals surface area contributed by atoms with E-state index in [0.29, 0.717) is 25.5 Å². The molecule has 0 radical (unpaired) electrons. The summed E-state index contributed by atoms with van der Waals surface area (Å²) in [5.74, 6) is 0.303. The third-order valence-electron chi connectivity index (χ3n) is 4.09. The van der Waals surface area contributed by atoms with Crippen molar-refractivity contribution in [3.05, 3.63) is 35.6 Å². The number of rotatable bonds is 7. The number of hydrogen-bond acceptors (Lipinski definition) is 4. The SMILES string of the molecule is CN=C(NCCC(=O)NC1CCS(=O)(=O)C1)NCCc1ccc(F)cc1.I. The molecule has 1 aromatic carbocycles. The lowest BCUT2D eigenvalue weighted by molar-refractivity contribution is -0.121. The molecule has 10 heteroatoms. The van der Waals surface area contributed by atoms with Crippen LogP contribution >= 0.6 is 24.0 Å². The first-order chi connectivity index (χ1) is 12.4. The molecule has 0 aliphatic carbocycles. The highest BCUT2D eigenvalue weighted by molar-refractivity contribution is 14.0. The fraction of sp³-hybridized carbons (Fsp3) is 0.529. The smallest absolute Gasteiger partial charge is 0.222 e. The fourth-order valence-electron chi connectivity index (χ4n) is 2.70. The van der Waals surface area contributed by atoms with Crippen molar-refractivity contribution in [2.75, 3.05) is 31.6 Å². The van der Waals surface area contributed by atoms with E-state index in [2.05, 4.69) is 20.9 Å². The number of benzene rings is 1. The molecule has 1 amide bonds. The molecule has 0 spiro atoms. The molecule has 1 aliphatic heterocycles. The number of aliphatic imine (C=N–C) groups is 1. The molecule has 1 saturated heterocycles. The van der Waals surface area contributed by atoms with Crippen LogP contribution in [0, 0.1) is 5.82 Å². The van der Waals surface area contributed by atoms with Crippen LogP contribution in [0.25, 0.3) is 0 Å². The predicted molar refractivity (Wildman–Crippen MR) is 115 cm³/mol. The Bertz CT molecular complexity index is 741. The van der Waals surface area contributed by atoms with Gasteiger partial charge in [-0.3, -0.25) is 9.79 Å². The van der Waals surface area contributed by atoms with Gasteiger partial charge in [-0.2, -0.15) is 0 Å². The third kappa shape index (κ3) is 8.87. The van der Waals surface area contributed by atoms with Crippen molar-refractivity contribution in [3.63, 3.8) is 0 Å². The average molecular weight is 512 g/mol. The van der Waals surface area contributed by atoms with Crippen LogP contribution in [0.3, 0.4) is 0 Å². The number of guanidine groups is 1. The summed E-state index contributed by atoms with van der Waals surface area (Å²) in [6, 6.07) is 6.05. The normalized spacial score (nSPS) is 18.4. The van der Waals surface area contributed by atoms with Gasteiger partial charge in [-0.1, -0.05) is 12.1 Å². The minimum absolute atomic E-state index is 0. The molecule has 1 fully saturated rings. The largest absolute Gasteiger partial charge is 0.356 e. The standard InChI is InChI=1S/C17H25FN4O3S.HI/c1-19-17(20-9-6-13-2-4-14(18)5-3-13)21-10-7-16(23)22-15-8-11-26(24,25)12-15;/h2-5,15H,6-12H2,1H3,(H,22,23)(H2,19,20,21);1H. The summed E-state index contributed by atoms with van der Waals surface area (Å²) in [4.78, 5) is 15.9. The summed E-state index contributed by atoms with van der Waals surface area (Å²) >= 11 is 0. The number of nitrogens with one attached hydrogen (secondary N) is 3. The van der Waals surface area contributed by atoms with Gasteiger partial charge in [-0.05, 0) is 30.5 Å². The molecule has 2 rings (SSSR count). The molecule has 7 nitrogen and oxygen atoms in total. The van der Waals surface area contributed by atoms with Crippen LogP contribution in [-0.2, 0) is 21.1 Å². The van der Waals surface area contributed by atoms with Gasteiger partial charge in [0, 0.05) is 32.6 Å². The molecule has 0 aromatic heterocycles. The molecule has 0 saturated carbocycles. The van der Waals surface area contributed by atoms with Gasteiger partial charge in [0.05, 0.1) is 11.5 Å². The molecule has 1 heterocycles. The fourth-order valence-corrected chi connectivity index (χ4v) is 4.37. The van der Waals surface area contributed by atoms with E-state index < -0.39 is 9.84 Å². The van der Waals surface area contributed by atoms with Crippen molar-refractivity contribution in [1.29, 1.82) is 0 Å². The lowest BCUT2D eigenvalue weighted by atomic mass is 10.1. The van der Waals surface area contributed by atoms with E-state index in [9.17, 15) is 17.6 Å². The molecular weight excluding hydrogens is 486 g/mol.